The second-order valence-electron chi connectivity index (χ2n) is 7.90. The van der Waals surface area contributed by atoms with Crippen molar-refractivity contribution in [3.8, 4) is 28.5 Å². The van der Waals surface area contributed by atoms with Crippen molar-refractivity contribution in [2.45, 2.75) is 6.04 Å². The molecule has 168 valence electrons. The van der Waals surface area contributed by atoms with Gasteiger partial charge in [-0.2, -0.15) is 0 Å². The molecule has 1 atom stereocenters. The van der Waals surface area contributed by atoms with E-state index >= 15 is 0 Å². The fourth-order valence-corrected chi connectivity index (χ4v) is 3.71. The van der Waals surface area contributed by atoms with Crippen molar-refractivity contribution in [2.24, 2.45) is 0 Å². The highest BCUT2D eigenvalue weighted by atomic mass is 16.5. The quantitative estimate of drug-likeness (QED) is 0.414. The Morgan fingerprint density at radius 3 is 2.39 bits per heavy atom. The topological polar surface area (TPSA) is 67.6 Å². The molecular weight excluding hydrogens is 414 g/mol. The highest BCUT2D eigenvalue weighted by molar-refractivity contribution is 6.00. The lowest BCUT2D eigenvalue weighted by molar-refractivity contribution is 0.0942. The van der Waals surface area contributed by atoms with Crippen LogP contribution in [0, 0.1) is 0 Å². The molecular formula is C27H27N3O3. The molecule has 0 bridgehead atoms. The van der Waals surface area contributed by atoms with Gasteiger partial charge in [0.1, 0.15) is 5.75 Å². The lowest BCUT2D eigenvalue weighted by Gasteiger charge is -2.25. The molecule has 1 heterocycles. The number of nitrogens with zero attached hydrogens (tertiary/aromatic N) is 2. The molecule has 6 heteroatoms. The van der Waals surface area contributed by atoms with Crippen molar-refractivity contribution >= 4 is 5.91 Å². The summed E-state index contributed by atoms with van der Waals surface area (Å²) in [4.78, 5) is 19.7. The smallest absolute Gasteiger partial charge is 0.252 e. The highest BCUT2D eigenvalue weighted by Crippen LogP contribution is 2.28. The van der Waals surface area contributed by atoms with E-state index in [4.69, 9.17) is 9.15 Å². The zero-order chi connectivity index (χ0) is 23.2. The van der Waals surface area contributed by atoms with Gasteiger partial charge in [-0.1, -0.05) is 54.6 Å². The van der Waals surface area contributed by atoms with Gasteiger partial charge in [0.25, 0.3) is 5.91 Å². The fraction of sp³-hybridized carbons (Fsp3) is 0.185. The zero-order valence-electron chi connectivity index (χ0n) is 19.0. The summed E-state index contributed by atoms with van der Waals surface area (Å²) in [5, 5.41) is 3.07. The molecule has 0 aliphatic heterocycles. The number of nitrogens with one attached hydrogen (secondary N) is 1. The number of oxazole rings is 1. The Morgan fingerprint density at radius 2 is 1.70 bits per heavy atom. The molecule has 0 saturated heterocycles. The summed E-state index contributed by atoms with van der Waals surface area (Å²) in [6.07, 6.45) is 1.69. The van der Waals surface area contributed by atoms with Gasteiger partial charge in [-0.25, -0.2) is 4.98 Å². The van der Waals surface area contributed by atoms with E-state index in [1.54, 1.807) is 19.4 Å². The maximum atomic E-state index is 13.2. The average molecular weight is 442 g/mol. The first kappa shape index (κ1) is 22.3. The number of methoxy groups -OCH3 is 1. The normalized spacial score (nSPS) is 11.9. The Hall–Kier alpha value is -3.90. The number of carbonyl (C=O) groups excluding carboxylic acids is 1. The molecule has 0 saturated carbocycles. The van der Waals surface area contributed by atoms with E-state index in [9.17, 15) is 4.79 Å². The number of likely N-dealkylation sites (N-methyl/N-ethyl adjacent to an activating group) is 1. The Bertz CT molecular complexity index is 1200. The minimum absolute atomic E-state index is 0.0124. The van der Waals surface area contributed by atoms with Gasteiger partial charge in [-0.15, -0.1) is 0 Å². The lowest BCUT2D eigenvalue weighted by atomic mass is 10.0. The van der Waals surface area contributed by atoms with Crippen LogP contribution < -0.4 is 10.1 Å². The minimum Gasteiger partial charge on any atom is -0.497 e. The number of hydrogen-bond donors (Lipinski definition) is 1. The van der Waals surface area contributed by atoms with Gasteiger partial charge in [-0.3, -0.25) is 4.79 Å². The maximum absolute atomic E-state index is 13.2. The van der Waals surface area contributed by atoms with E-state index < -0.39 is 0 Å². The average Bonchev–Trinajstić information content (AvgIpc) is 3.35. The first-order chi connectivity index (χ1) is 16.1. The molecule has 33 heavy (non-hydrogen) atoms. The predicted molar refractivity (Wildman–Crippen MR) is 129 cm³/mol. The van der Waals surface area contributed by atoms with Crippen LogP contribution in [0.5, 0.6) is 5.75 Å². The second kappa shape index (κ2) is 10.1. The summed E-state index contributed by atoms with van der Waals surface area (Å²) in [5.74, 6) is 1.70. The molecule has 6 nitrogen and oxygen atoms in total. The number of rotatable bonds is 8. The molecule has 1 N–H and O–H groups in total. The molecule has 0 aliphatic carbocycles. The molecule has 0 spiro atoms. The maximum Gasteiger partial charge on any atom is 0.252 e. The molecule has 1 aromatic heterocycles. The number of aromatic nitrogens is 1. The highest BCUT2D eigenvalue weighted by Gasteiger charge is 2.20. The van der Waals surface area contributed by atoms with Crippen molar-refractivity contribution in [2.75, 3.05) is 27.7 Å². The first-order valence-electron chi connectivity index (χ1n) is 10.8. The van der Waals surface area contributed by atoms with E-state index in [2.05, 4.69) is 15.2 Å². The Balaban J connectivity index is 1.53. The second-order valence-corrected chi connectivity index (χ2v) is 7.90. The number of hydrogen-bond acceptors (Lipinski definition) is 5. The molecule has 4 rings (SSSR count). The molecule has 1 amide bonds. The van der Waals surface area contributed by atoms with Crippen LogP contribution in [0.4, 0.5) is 0 Å². The van der Waals surface area contributed by atoms with Gasteiger partial charge in [-0.05, 0) is 43.9 Å². The van der Waals surface area contributed by atoms with Crippen LogP contribution in [-0.4, -0.2) is 43.5 Å². The van der Waals surface area contributed by atoms with Gasteiger partial charge < -0.3 is 19.4 Å². The fourth-order valence-electron chi connectivity index (χ4n) is 3.71. The van der Waals surface area contributed by atoms with Crippen LogP contribution in [0.25, 0.3) is 22.8 Å². The summed E-state index contributed by atoms with van der Waals surface area (Å²) >= 11 is 0. The molecule has 3 aromatic carbocycles. The zero-order valence-corrected chi connectivity index (χ0v) is 19.0. The number of amides is 1. The standard InChI is InChI=1S/C27H27N3O3/c1-30(2)24(19-13-15-21(32-3)16-14-19)17-28-26(31)22-11-7-8-12-23(22)27-29-18-25(33-27)20-9-5-4-6-10-20/h4-16,18,24H,17H2,1-3H3,(H,28,31). The van der Waals surface area contributed by atoms with Crippen LogP contribution in [0.3, 0.4) is 0 Å². The van der Waals surface area contributed by atoms with Gasteiger partial charge in [0.2, 0.25) is 5.89 Å². The van der Waals surface area contributed by atoms with Gasteiger partial charge >= 0.3 is 0 Å². The van der Waals surface area contributed by atoms with Crippen LogP contribution in [0.1, 0.15) is 22.0 Å². The molecule has 4 aromatic rings. The first-order valence-corrected chi connectivity index (χ1v) is 10.8. The van der Waals surface area contributed by atoms with Crippen LogP contribution in [0.15, 0.2) is 89.5 Å². The van der Waals surface area contributed by atoms with E-state index in [1.165, 1.54) is 0 Å². The Morgan fingerprint density at radius 1 is 1.00 bits per heavy atom. The number of carbonyl (C=O) groups is 1. The SMILES string of the molecule is COc1ccc(C(CNC(=O)c2ccccc2-c2ncc(-c3ccccc3)o2)N(C)C)cc1. The summed E-state index contributed by atoms with van der Waals surface area (Å²) in [7, 11) is 5.63. The molecule has 0 radical (unpaired) electrons. The van der Waals surface area contributed by atoms with Crippen LogP contribution in [-0.2, 0) is 0 Å². The third kappa shape index (κ3) is 5.13. The van der Waals surface area contributed by atoms with E-state index in [-0.39, 0.29) is 11.9 Å². The third-order valence-electron chi connectivity index (χ3n) is 5.55. The van der Waals surface area contributed by atoms with Crippen molar-refractivity contribution in [3.05, 3.63) is 96.2 Å². The molecule has 0 aliphatic rings. The van der Waals surface area contributed by atoms with Crippen molar-refractivity contribution < 1.29 is 13.9 Å². The number of benzene rings is 3. The van der Waals surface area contributed by atoms with Crippen LogP contribution >= 0.6 is 0 Å². The molecule has 0 fully saturated rings. The van der Waals surface area contributed by atoms with E-state index in [0.717, 1.165) is 16.9 Å². The van der Waals surface area contributed by atoms with Crippen LogP contribution in [0.2, 0.25) is 0 Å². The van der Waals surface area contributed by atoms with Crippen molar-refractivity contribution in [1.29, 1.82) is 0 Å². The lowest BCUT2D eigenvalue weighted by Crippen LogP contribution is -2.34. The summed E-state index contributed by atoms with van der Waals surface area (Å²) in [6, 6.07) is 25.0. The minimum atomic E-state index is -0.176. The van der Waals surface area contributed by atoms with Gasteiger partial charge in [0.15, 0.2) is 5.76 Å². The number of ether oxygens (including phenoxy) is 1. The van der Waals surface area contributed by atoms with Crippen molar-refractivity contribution in [3.63, 3.8) is 0 Å². The summed E-state index contributed by atoms with van der Waals surface area (Å²) in [5.41, 5.74) is 3.20. The van der Waals surface area contributed by atoms with E-state index in [0.29, 0.717) is 29.3 Å². The van der Waals surface area contributed by atoms with E-state index in [1.807, 2.05) is 86.9 Å². The van der Waals surface area contributed by atoms with Gasteiger partial charge in [0, 0.05) is 17.7 Å². The van der Waals surface area contributed by atoms with Gasteiger partial charge in [0.05, 0.1) is 24.9 Å². The molecule has 1 unspecified atom stereocenters. The summed E-state index contributed by atoms with van der Waals surface area (Å²) in [6.45, 7) is 0.452. The largest absolute Gasteiger partial charge is 0.497 e. The summed E-state index contributed by atoms with van der Waals surface area (Å²) < 4.78 is 11.2. The monoisotopic (exact) mass is 441 g/mol. The van der Waals surface area contributed by atoms with Crippen molar-refractivity contribution in [1.82, 2.24) is 15.2 Å². The Kier molecular flexibility index (Phi) is 6.86. The predicted octanol–water partition coefficient (Wildman–Crippen LogP) is 5.05. The Labute approximate surface area is 193 Å². The third-order valence-corrected chi connectivity index (χ3v) is 5.55.